The van der Waals surface area contributed by atoms with Gasteiger partial charge in [-0.15, -0.1) is 0 Å². The first-order valence-electron chi connectivity index (χ1n) is 6.89. The van der Waals surface area contributed by atoms with Crippen molar-refractivity contribution in [3.63, 3.8) is 0 Å². The molecule has 1 heterocycles. The number of fused-ring (bicyclic) bond motifs is 1. The normalized spacial score (nSPS) is 13.6. The van der Waals surface area contributed by atoms with Crippen molar-refractivity contribution in [2.24, 2.45) is 0 Å². The second kappa shape index (κ2) is 5.41. The summed E-state index contributed by atoms with van der Waals surface area (Å²) in [5, 5.41) is 13.4. The molecule has 106 valence electrons. The Labute approximate surface area is 122 Å². The minimum Gasteiger partial charge on any atom is -0.497 e. The highest BCUT2D eigenvalue weighted by Crippen LogP contribution is 2.32. The molecule has 1 aliphatic carbocycles. The second-order valence-electron chi connectivity index (χ2n) is 4.99. The number of ether oxygens (including phenoxy) is 1. The number of Topliss-reactive ketones (excluding diaryl/α,β-unsaturated/α-hetero) is 1. The topological polar surface area (TPSA) is 67.9 Å². The van der Waals surface area contributed by atoms with Crippen molar-refractivity contribution in [3.8, 4) is 23.1 Å². The second-order valence-corrected chi connectivity index (χ2v) is 4.99. The quantitative estimate of drug-likeness (QED) is 0.867. The van der Waals surface area contributed by atoms with Crippen LogP contribution in [0.3, 0.4) is 0 Å². The highest BCUT2D eigenvalue weighted by molar-refractivity contribution is 6.03. The Hall–Kier alpha value is -2.61. The van der Waals surface area contributed by atoms with Crippen LogP contribution >= 0.6 is 0 Å². The first kappa shape index (κ1) is 13.4. The van der Waals surface area contributed by atoms with Crippen molar-refractivity contribution in [1.82, 2.24) is 9.78 Å². The van der Waals surface area contributed by atoms with Gasteiger partial charge in [-0.25, -0.2) is 0 Å². The smallest absolute Gasteiger partial charge is 0.166 e. The summed E-state index contributed by atoms with van der Waals surface area (Å²) in [5.41, 5.74) is 3.12. The number of benzene rings is 1. The lowest BCUT2D eigenvalue weighted by molar-refractivity contribution is 0.0972. The Kier molecular flexibility index (Phi) is 3.44. The van der Waals surface area contributed by atoms with E-state index in [1.165, 1.54) is 0 Å². The maximum absolute atomic E-state index is 12.3. The van der Waals surface area contributed by atoms with Crippen molar-refractivity contribution in [2.45, 2.75) is 25.8 Å². The van der Waals surface area contributed by atoms with Crippen LogP contribution in [0.2, 0.25) is 0 Å². The van der Waals surface area contributed by atoms with E-state index in [-0.39, 0.29) is 12.3 Å². The van der Waals surface area contributed by atoms with Crippen LogP contribution in [0, 0.1) is 11.3 Å². The fourth-order valence-electron chi connectivity index (χ4n) is 2.73. The molecule has 3 rings (SSSR count). The average Bonchev–Trinajstić information content (AvgIpc) is 2.88. The van der Waals surface area contributed by atoms with Crippen molar-refractivity contribution < 1.29 is 9.53 Å². The molecular formula is C16H15N3O2. The van der Waals surface area contributed by atoms with E-state index in [0.29, 0.717) is 17.7 Å². The van der Waals surface area contributed by atoms with E-state index in [1.807, 2.05) is 24.3 Å². The number of methoxy groups -OCH3 is 1. The van der Waals surface area contributed by atoms with Gasteiger partial charge in [0.15, 0.2) is 5.78 Å². The van der Waals surface area contributed by atoms with Crippen molar-refractivity contribution in [3.05, 3.63) is 35.5 Å². The van der Waals surface area contributed by atoms with Crippen LogP contribution in [0.5, 0.6) is 5.75 Å². The number of rotatable bonds is 3. The van der Waals surface area contributed by atoms with Gasteiger partial charge >= 0.3 is 0 Å². The number of aromatic nitrogens is 2. The lowest BCUT2D eigenvalue weighted by Gasteiger charge is -2.12. The van der Waals surface area contributed by atoms with E-state index in [0.717, 1.165) is 29.8 Å². The molecule has 0 spiro atoms. The molecule has 1 aromatic carbocycles. The van der Waals surface area contributed by atoms with Gasteiger partial charge < -0.3 is 4.74 Å². The molecule has 1 aromatic heterocycles. The number of nitrogens with zero attached hydrogens (tertiary/aromatic N) is 3. The Morgan fingerprint density at radius 3 is 2.76 bits per heavy atom. The summed E-state index contributed by atoms with van der Waals surface area (Å²) in [6.07, 6.45) is 2.17. The molecule has 0 atom stereocenters. The minimum absolute atomic E-state index is 0.117. The Balaban J connectivity index is 2.13. The zero-order valence-electron chi connectivity index (χ0n) is 11.8. The number of carbonyl (C=O) groups excluding carboxylic acids is 1. The summed E-state index contributed by atoms with van der Waals surface area (Å²) in [6, 6.07) is 9.57. The molecule has 5 heteroatoms. The summed E-state index contributed by atoms with van der Waals surface area (Å²) in [4.78, 5) is 12.3. The van der Waals surface area contributed by atoms with Crippen molar-refractivity contribution >= 4 is 5.78 Å². The van der Waals surface area contributed by atoms with E-state index in [1.54, 1.807) is 11.8 Å². The fourth-order valence-corrected chi connectivity index (χ4v) is 2.73. The predicted octanol–water partition coefficient (Wildman–Crippen LogP) is 2.60. The van der Waals surface area contributed by atoms with E-state index in [4.69, 9.17) is 10.00 Å². The summed E-state index contributed by atoms with van der Waals surface area (Å²) in [6.45, 7) is 0.172. The lowest BCUT2D eigenvalue weighted by atomic mass is 9.92. The molecule has 1 aliphatic rings. The zero-order valence-corrected chi connectivity index (χ0v) is 11.8. The monoisotopic (exact) mass is 281 g/mol. The van der Waals surface area contributed by atoms with Crippen LogP contribution in [-0.2, 0) is 13.0 Å². The Morgan fingerprint density at radius 2 is 2.10 bits per heavy atom. The van der Waals surface area contributed by atoms with Crippen LogP contribution in [0.4, 0.5) is 0 Å². The summed E-state index contributed by atoms with van der Waals surface area (Å²) in [5.74, 6) is 0.877. The van der Waals surface area contributed by atoms with Gasteiger partial charge in [-0.2, -0.15) is 10.4 Å². The molecule has 0 fully saturated rings. The lowest BCUT2D eigenvalue weighted by Crippen LogP contribution is -2.13. The molecule has 21 heavy (non-hydrogen) atoms. The van der Waals surface area contributed by atoms with E-state index >= 15 is 0 Å². The van der Waals surface area contributed by atoms with E-state index in [9.17, 15) is 4.79 Å². The fraction of sp³-hybridized carbons (Fsp3) is 0.312. The number of ketones is 1. The molecule has 0 saturated heterocycles. The van der Waals surface area contributed by atoms with Crippen LogP contribution < -0.4 is 4.74 Å². The van der Waals surface area contributed by atoms with Gasteiger partial charge in [0, 0.05) is 12.0 Å². The summed E-state index contributed by atoms with van der Waals surface area (Å²) in [7, 11) is 1.61. The van der Waals surface area contributed by atoms with Gasteiger partial charge in [0.2, 0.25) is 0 Å². The summed E-state index contributed by atoms with van der Waals surface area (Å²) < 4.78 is 6.81. The maximum Gasteiger partial charge on any atom is 0.166 e. The van der Waals surface area contributed by atoms with Gasteiger partial charge in [-0.3, -0.25) is 9.48 Å². The molecule has 0 aliphatic heterocycles. The number of carbonyl (C=O) groups is 1. The zero-order chi connectivity index (χ0) is 14.8. The Bertz CT molecular complexity index is 723. The average molecular weight is 281 g/mol. The Morgan fingerprint density at radius 1 is 1.33 bits per heavy atom. The van der Waals surface area contributed by atoms with Crippen molar-refractivity contribution in [2.75, 3.05) is 7.11 Å². The van der Waals surface area contributed by atoms with Gasteiger partial charge in [-0.05, 0) is 37.1 Å². The maximum atomic E-state index is 12.3. The van der Waals surface area contributed by atoms with Crippen LogP contribution in [0.15, 0.2) is 24.3 Å². The third-order valence-corrected chi connectivity index (χ3v) is 3.74. The van der Waals surface area contributed by atoms with E-state index < -0.39 is 0 Å². The van der Waals surface area contributed by atoms with Crippen molar-refractivity contribution in [1.29, 1.82) is 5.26 Å². The van der Waals surface area contributed by atoms with Crippen LogP contribution in [0.1, 0.15) is 28.9 Å². The molecular weight excluding hydrogens is 266 g/mol. The van der Waals surface area contributed by atoms with Gasteiger partial charge in [-0.1, -0.05) is 0 Å². The molecule has 0 amide bonds. The highest BCUT2D eigenvalue weighted by atomic mass is 16.5. The first-order chi connectivity index (χ1) is 10.2. The standard InChI is InChI=1S/C16H15N3O2/c1-21-12-7-5-11(6-8-12)16-15-13(3-2-4-14(15)20)19(18-16)10-9-17/h5-8H,2-4,10H2,1H3. The first-order valence-corrected chi connectivity index (χ1v) is 6.89. The SMILES string of the molecule is COc1ccc(-c2nn(CC#N)c3c2C(=O)CCC3)cc1. The van der Waals surface area contributed by atoms with Crippen LogP contribution in [-0.4, -0.2) is 22.7 Å². The third-order valence-electron chi connectivity index (χ3n) is 3.74. The largest absolute Gasteiger partial charge is 0.497 e. The molecule has 0 bridgehead atoms. The van der Waals surface area contributed by atoms with Gasteiger partial charge in [0.25, 0.3) is 0 Å². The molecule has 0 N–H and O–H groups in total. The summed E-state index contributed by atoms with van der Waals surface area (Å²) >= 11 is 0. The molecule has 0 radical (unpaired) electrons. The highest BCUT2D eigenvalue weighted by Gasteiger charge is 2.27. The van der Waals surface area contributed by atoms with Gasteiger partial charge in [0.1, 0.15) is 18.0 Å². The van der Waals surface area contributed by atoms with E-state index in [2.05, 4.69) is 11.2 Å². The van der Waals surface area contributed by atoms with Gasteiger partial charge in [0.05, 0.1) is 24.4 Å². The predicted molar refractivity (Wildman–Crippen MR) is 77.1 cm³/mol. The minimum atomic E-state index is 0.117. The molecule has 0 saturated carbocycles. The molecule has 0 unspecified atom stereocenters. The molecule has 5 nitrogen and oxygen atoms in total. The third kappa shape index (κ3) is 2.29. The number of hydrogen-bond acceptors (Lipinski definition) is 4. The number of hydrogen-bond donors (Lipinski definition) is 0. The molecule has 2 aromatic rings. The number of nitriles is 1. The van der Waals surface area contributed by atoms with Crippen LogP contribution in [0.25, 0.3) is 11.3 Å².